The molecule has 0 heterocycles. The van der Waals surface area contributed by atoms with Gasteiger partial charge in [-0.3, -0.25) is 0 Å². The Morgan fingerprint density at radius 1 is 0.208 bits per heavy atom. The molecule has 0 unspecified atom stereocenters. The molecule has 0 fully saturated rings. The lowest BCUT2D eigenvalue weighted by Crippen LogP contribution is -1.87. The van der Waals surface area contributed by atoms with Crippen molar-refractivity contribution in [1.82, 2.24) is 0 Å². The Kier molecular flexibility index (Phi) is 5.20. The van der Waals surface area contributed by atoms with Gasteiger partial charge in [0.15, 0.2) is 0 Å². The van der Waals surface area contributed by atoms with E-state index in [-0.39, 0.29) is 0 Å². The van der Waals surface area contributed by atoms with Crippen molar-refractivity contribution in [1.29, 1.82) is 0 Å². The van der Waals surface area contributed by atoms with Crippen LogP contribution in [0.25, 0.3) is 108 Å². The SMILES string of the molecule is c1ccc2c(c1)ccc1c2ccc2c3cc(-c4ccc5ccc(-c6ccc7ccc8cccc9ccc6c7c89)cc5c4)ccc3ccc21. The third kappa shape index (κ3) is 3.66. The molecule has 11 rings (SSSR count). The molecule has 11 aromatic carbocycles. The topological polar surface area (TPSA) is 0 Å². The normalized spacial score (nSPS) is 12.2. The highest BCUT2D eigenvalue weighted by atomic mass is 14.2. The van der Waals surface area contributed by atoms with Crippen LogP contribution in [0.1, 0.15) is 0 Å². The van der Waals surface area contributed by atoms with E-state index in [9.17, 15) is 0 Å². The van der Waals surface area contributed by atoms with Crippen LogP contribution in [0, 0.1) is 0 Å². The third-order valence-electron chi connectivity index (χ3n) is 10.8. The zero-order valence-corrected chi connectivity index (χ0v) is 26.2. The van der Waals surface area contributed by atoms with Crippen LogP contribution in [0.4, 0.5) is 0 Å². The summed E-state index contributed by atoms with van der Waals surface area (Å²) >= 11 is 0. The van der Waals surface area contributed by atoms with E-state index in [1.54, 1.807) is 0 Å². The van der Waals surface area contributed by atoms with Gasteiger partial charge in [-0.15, -0.1) is 0 Å². The molecule has 0 amide bonds. The minimum atomic E-state index is 1.24. The summed E-state index contributed by atoms with van der Waals surface area (Å²) in [5.41, 5.74) is 5.01. The Morgan fingerprint density at radius 2 is 0.688 bits per heavy atom. The maximum Gasteiger partial charge on any atom is -0.00206 e. The molecule has 11 aromatic rings. The third-order valence-corrected chi connectivity index (χ3v) is 10.8. The van der Waals surface area contributed by atoms with Gasteiger partial charge in [-0.2, -0.15) is 0 Å². The van der Waals surface area contributed by atoms with E-state index in [2.05, 4.69) is 170 Å². The Balaban J connectivity index is 1.07. The number of hydrogen-bond acceptors (Lipinski definition) is 0. The molecule has 0 spiro atoms. The van der Waals surface area contributed by atoms with Crippen LogP contribution in [0.3, 0.4) is 0 Å². The van der Waals surface area contributed by atoms with Crippen LogP contribution < -0.4 is 0 Å². The highest BCUT2D eigenvalue weighted by Gasteiger charge is 2.13. The van der Waals surface area contributed by atoms with Crippen molar-refractivity contribution < 1.29 is 0 Å². The Bertz CT molecular complexity index is 3090. The number of rotatable bonds is 2. The van der Waals surface area contributed by atoms with Gasteiger partial charge in [0.05, 0.1) is 0 Å². The van der Waals surface area contributed by atoms with Crippen LogP contribution >= 0.6 is 0 Å². The Labute approximate surface area is 277 Å². The molecule has 48 heavy (non-hydrogen) atoms. The molecule has 0 heteroatoms. The van der Waals surface area contributed by atoms with Gasteiger partial charge in [-0.05, 0) is 127 Å². The molecule has 0 aliphatic heterocycles. The lowest BCUT2D eigenvalue weighted by atomic mass is 9.89. The quantitative estimate of drug-likeness (QED) is 0.172. The monoisotopic (exact) mass is 604 g/mol. The van der Waals surface area contributed by atoms with Crippen LogP contribution in [-0.4, -0.2) is 0 Å². The summed E-state index contributed by atoms with van der Waals surface area (Å²) in [6.45, 7) is 0. The van der Waals surface area contributed by atoms with E-state index in [1.165, 1.54) is 108 Å². The first-order chi connectivity index (χ1) is 23.8. The first kappa shape index (κ1) is 25.9. The molecule has 0 nitrogen and oxygen atoms in total. The van der Waals surface area contributed by atoms with E-state index >= 15 is 0 Å². The maximum absolute atomic E-state index is 2.39. The molecular formula is C48H28. The van der Waals surface area contributed by atoms with E-state index in [0.717, 1.165) is 0 Å². The molecule has 220 valence electrons. The molecule has 0 saturated carbocycles. The van der Waals surface area contributed by atoms with Gasteiger partial charge in [0.1, 0.15) is 0 Å². The van der Waals surface area contributed by atoms with E-state index in [0.29, 0.717) is 0 Å². The lowest BCUT2D eigenvalue weighted by molar-refractivity contribution is 1.67. The summed E-state index contributed by atoms with van der Waals surface area (Å²) in [4.78, 5) is 0. The second kappa shape index (κ2) is 9.64. The average molecular weight is 605 g/mol. The predicted molar refractivity (Wildman–Crippen MR) is 209 cm³/mol. The van der Waals surface area contributed by atoms with Gasteiger partial charge in [0, 0.05) is 0 Å². The van der Waals surface area contributed by atoms with E-state index in [1.807, 2.05) is 0 Å². The first-order valence-electron chi connectivity index (χ1n) is 16.7. The molecule has 0 aliphatic rings. The number of fused-ring (bicyclic) bond motifs is 8. The minimum Gasteiger partial charge on any atom is -0.0616 e. The molecular weight excluding hydrogens is 577 g/mol. The van der Waals surface area contributed by atoms with Crippen molar-refractivity contribution in [3.8, 4) is 22.3 Å². The number of hydrogen-bond donors (Lipinski definition) is 0. The fourth-order valence-electron chi connectivity index (χ4n) is 8.39. The molecule has 0 bridgehead atoms. The van der Waals surface area contributed by atoms with Crippen molar-refractivity contribution in [2.24, 2.45) is 0 Å². The van der Waals surface area contributed by atoms with Crippen molar-refractivity contribution in [2.45, 2.75) is 0 Å². The predicted octanol–water partition coefficient (Wildman–Crippen LogP) is 13.7. The molecule has 0 radical (unpaired) electrons. The van der Waals surface area contributed by atoms with Crippen LogP contribution in [0.5, 0.6) is 0 Å². The van der Waals surface area contributed by atoms with Crippen molar-refractivity contribution in [3.63, 3.8) is 0 Å². The summed E-state index contributed by atoms with van der Waals surface area (Å²) < 4.78 is 0. The van der Waals surface area contributed by atoms with Crippen LogP contribution in [-0.2, 0) is 0 Å². The fourth-order valence-corrected chi connectivity index (χ4v) is 8.39. The van der Waals surface area contributed by atoms with Crippen molar-refractivity contribution in [2.75, 3.05) is 0 Å². The van der Waals surface area contributed by atoms with Crippen molar-refractivity contribution in [3.05, 3.63) is 170 Å². The average Bonchev–Trinajstić information content (AvgIpc) is 3.15. The molecule has 0 N–H and O–H groups in total. The van der Waals surface area contributed by atoms with Gasteiger partial charge < -0.3 is 0 Å². The second-order valence-corrected chi connectivity index (χ2v) is 13.3. The smallest absolute Gasteiger partial charge is 0.00206 e. The van der Waals surface area contributed by atoms with Crippen LogP contribution in [0.15, 0.2) is 170 Å². The molecule has 0 saturated heterocycles. The lowest BCUT2D eigenvalue weighted by Gasteiger charge is -2.15. The molecule has 0 atom stereocenters. The fraction of sp³-hybridized carbons (Fsp3) is 0. The number of benzene rings is 11. The van der Waals surface area contributed by atoms with Crippen LogP contribution in [0.2, 0.25) is 0 Å². The zero-order chi connectivity index (χ0) is 31.3. The Morgan fingerprint density at radius 3 is 1.50 bits per heavy atom. The first-order valence-corrected chi connectivity index (χ1v) is 16.7. The molecule has 0 aliphatic carbocycles. The summed E-state index contributed by atoms with van der Waals surface area (Å²) in [5.74, 6) is 0. The zero-order valence-electron chi connectivity index (χ0n) is 26.2. The summed E-state index contributed by atoms with van der Waals surface area (Å²) in [5, 5.41) is 20.8. The minimum absolute atomic E-state index is 1.24. The molecule has 0 aromatic heterocycles. The van der Waals surface area contributed by atoms with E-state index in [4.69, 9.17) is 0 Å². The highest BCUT2D eigenvalue weighted by molar-refractivity contribution is 6.26. The van der Waals surface area contributed by atoms with Gasteiger partial charge in [0.25, 0.3) is 0 Å². The maximum atomic E-state index is 2.39. The largest absolute Gasteiger partial charge is 0.0616 e. The van der Waals surface area contributed by atoms with Gasteiger partial charge >= 0.3 is 0 Å². The summed E-state index contributed by atoms with van der Waals surface area (Å²) in [6.07, 6.45) is 0. The summed E-state index contributed by atoms with van der Waals surface area (Å²) in [6, 6.07) is 63.5. The van der Waals surface area contributed by atoms with Gasteiger partial charge in [-0.1, -0.05) is 152 Å². The highest BCUT2D eigenvalue weighted by Crippen LogP contribution is 2.41. The summed E-state index contributed by atoms with van der Waals surface area (Å²) in [7, 11) is 0. The standard InChI is InChI=1S/C48H28/c1-2-7-39-30(4-1)16-21-42-41(39)24-25-44-43(42)22-17-31-10-14-36(28-46(31)44)35-13-8-29-9-15-37(27-38(29)26-35)40-20-18-34-12-11-32-5-3-6-33-19-23-45(40)48(34)47(32)33/h1-28H. The van der Waals surface area contributed by atoms with Gasteiger partial charge in [0.2, 0.25) is 0 Å². The van der Waals surface area contributed by atoms with Gasteiger partial charge in [-0.25, -0.2) is 0 Å². The Hall–Kier alpha value is -6.24. The van der Waals surface area contributed by atoms with E-state index < -0.39 is 0 Å². The van der Waals surface area contributed by atoms with Crippen molar-refractivity contribution >= 4 is 86.2 Å². The second-order valence-electron chi connectivity index (χ2n) is 13.3.